The summed E-state index contributed by atoms with van der Waals surface area (Å²) in [5, 5.41) is 9.81. The zero-order valence-corrected chi connectivity index (χ0v) is 15.3. The topological polar surface area (TPSA) is 128 Å². The van der Waals surface area contributed by atoms with Gasteiger partial charge in [0.15, 0.2) is 0 Å². The standard InChI is InChI=1S/C12H21BrClN5O4/c1-12(2,13)11(23)16-4-3-15-8(20)5-17-9(21)6-18-10(22)7-19-14/h19H,3-7H2,1-2H3,(H,15,20)(H,16,23)(H,17,21)(H,18,22). The summed E-state index contributed by atoms with van der Waals surface area (Å²) in [6, 6.07) is 0. The van der Waals surface area contributed by atoms with E-state index in [1.807, 2.05) is 0 Å². The molecule has 4 amide bonds. The zero-order valence-electron chi connectivity index (χ0n) is 12.9. The Morgan fingerprint density at radius 3 is 1.74 bits per heavy atom. The lowest BCUT2D eigenvalue weighted by atomic mass is 10.2. The molecule has 0 saturated carbocycles. The molecule has 9 nitrogen and oxygen atoms in total. The van der Waals surface area contributed by atoms with Crippen LogP contribution in [0.5, 0.6) is 0 Å². The minimum Gasteiger partial charge on any atom is -0.353 e. The molecule has 0 radical (unpaired) electrons. The van der Waals surface area contributed by atoms with Crippen molar-refractivity contribution in [3.63, 3.8) is 0 Å². The highest BCUT2D eigenvalue weighted by Crippen LogP contribution is 2.14. The Balaban J connectivity index is 3.73. The molecular weight excluding hydrogens is 394 g/mol. The second kappa shape index (κ2) is 11.2. The lowest BCUT2D eigenvalue weighted by Crippen LogP contribution is -2.45. The monoisotopic (exact) mass is 413 g/mol. The Bertz CT molecular complexity index is 442. The highest BCUT2D eigenvalue weighted by molar-refractivity contribution is 9.10. The molecule has 0 spiro atoms. The molecule has 0 bridgehead atoms. The molecule has 0 atom stereocenters. The predicted octanol–water partition coefficient (Wildman–Crippen LogP) is -1.63. The van der Waals surface area contributed by atoms with Gasteiger partial charge in [-0.1, -0.05) is 15.9 Å². The SMILES string of the molecule is CC(C)(Br)C(=O)NCCNC(=O)CNC(=O)CNC(=O)CNCl. The van der Waals surface area contributed by atoms with Gasteiger partial charge in [0.1, 0.15) is 0 Å². The van der Waals surface area contributed by atoms with Crippen molar-refractivity contribution in [2.45, 2.75) is 18.2 Å². The van der Waals surface area contributed by atoms with Crippen LogP contribution in [-0.2, 0) is 19.2 Å². The fraction of sp³-hybridized carbons (Fsp3) is 0.667. The summed E-state index contributed by atoms with van der Waals surface area (Å²) in [7, 11) is 0. The third-order valence-electron chi connectivity index (χ3n) is 2.39. The van der Waals surface area contributed by atoms with E-state index < -0.39 is 22.0 Å². The summed E-state index contributed by atoms with van der Waals surface area (Å²) in [6.45, 7) is 3.33. The van der Waals surface area contributed by atoms with Gasteiger partial charge in [-0.05, 0) is 25.6 Å². The number of hydrogen-bond donors (Lipinski definition) is 5. The highest BCUT2D eigenvalue weighted by Gasteiger charge is 2.22. The number of alkyl halides is 1. The summed E-state index contributed by atoms with van der Waals surface area (Å²) in [5.41, 5.74) is 0. The molecule has 0 fully saturated rings. The largest absolute Gasteiger partial charge is 0.353 e. The van der Waals surface area contributed by atoms with Crippen LogP contribution in [0.3, 0.4) is 0 Å². The average Bonchev–Trinajstić information content (AvgIpc) is 2.46. The zero-order chi connectivity index (χ0) is 17.9. The lowest BCUT2D eigenvalue weighted by Gasteiger charge is -2.15. The molecule has 5 N–H and O–H groups in total. The van der Waals surface area contributed by atoms with Crippen molar-refractivity contribution in [1.82, 2.24) is 26.1 Å². The first-order valence-electron chi connectivity index (χ1n) is 6.77. The van der Waals surface area contributed by atoms with E-state index in [2.05, 4.69) is 42.0 Å². The van der Waals surface area contributed by atoms with E-state index in [0.717, 1.165) is 0 Å². The van der Waals surface area contributed by atoms with Crippen LogP contribution in [0.4, 0.5) is 0 Å². The predicted molar refractivity (Wildman–Crippen MR) is 88.9 cm³/mol. The van der Waals surface area contributed by atoms with Gasteiger partial charge in [-0.3, -0.25) is 19.2 Å². The molecule has 0 saturated heterocycles. The van der Waals surface area contributed by atoms with Crippen LogP contribution in [-0.4, -0.2) is 60.7 Å². The maximum Gasteiger partial charge on any atom is 0.239 e. The fourth-order valence-corrected chi connectivity index (χ4v) is 1.46. The van der Waals surface area contributed by atoms with Gasteiger partial charge in [0.25, 0.3) is 0 Å². The molecule has 0 heterocycles. The van der Waals surface area contributed by atoms with E-state index in [-0.39, 0.29) is 38.6 Å². The quantitative estimate of drug-likeness (QED) is 0.166. The number of nitrogens with one attached hydrogen (secondary N) is 5. The number of amides is 4. The van der Waals surface area contributed by atoms with Gasteiger partial charge < -0.3 is 21.3 Å². The van der Waals surface area contributed by atoms with Gasteiger partial charge in [-0.2, -0.15) is 0 Å². The molecule has 0 aromatic carbocycles. The highest BCUT2D eigenvalue weighted by atomic mass is 79.9. The minimum absolute atomic E-state index is 0.119. The summed E-state index contributed by atoms with van der Waals surface area (Å²) >= 11 is 8.34. The van der Waals surface area contributed by atoms with Crippen LogP contribution in [0.25, 0.3) is 0 Å². The number of halogens is 2. The molecular formula is C12H21BrClN5O4. The average molecular weight is 415 g/mol. The van der Waals surface area contributed by atoms with E-state index >= 15 is 0 Å². The second-order valence-corrected chi connectivity index (χ2v) is 7.19. The first-order chi connectivity index (χ1) is 10.7. The van der Waals surface area contributed by atoms with Crippen molar-refractivity contribution in [1.29, 1.82) is 0 Å². The van der Waals surface area contributed by atoms with Crippen molar-refractivity contribution >= 4 is 51.3 Å². The van der Waals surface area contributed by atoms with E-state index in [0.29, 0.717) is 0 Å². The van der Waals surface area contributed by atoms with Gasteiger partial charge >= 0.3 is 0 Å². The normalized spacial score (nSPS) is 10.6. The van der Waals surface area contributed by atoms with Crippen LogP contribution < -0.4 is 26.1 Å². The van der Waals surface area contributed by atoms with Crippen molar-refractivity contribution in [2.75, 3.05) is 32.7 Å². The van der Waals surface area contributed by atoms with Crippen molar-refractivity contribution in [3.05, 3.63) is 0 Å². The molecule has 132 valence electrons. The maximum atomic E-state index is 11.5. The Morgan fingerprint density at radius 1 is 0.826 bits per heavy atom. The number of rotatable bonds is 10. The van der Waals surface area contributed by atoms with E-state index in [1.165, 1.54) is 0 Å². The lowest BCUT2D eigenvalue weighted by molar-refractivity contribution is -0.127. The van der Waals surface area contributed by atoms with E-state index in [4.69, 9.17) is 11.8 Å². The summed E-state index contributed by atoms with van der Waals surface area (Å²) in [6.07, 6.45) is 0. The van der Waals surface area contributed by atoms with Crippen LogP contribution >= 0.6 is 27.7 Å². The van der Waals surface area contributed by atoms with Crippen LogP contribution in [0.2, 0.25) is 0 Å². The molecule has 11 heteroatoms. The second-order valence-electron chi connectivity index (χ2n) is 4.94. The molecule has 0 aromatic rings. The fourth-order valence-electron chi connectivity index (χ4n) is 1.19. The summed E-state index contributed by atoms with van der Waals surface area (Å²) in [5.74, 6) is -1.54. The summed E-state index contributed by atoms with van der Waals surface area (Å²) < 4.78 is -0.672. The van der Waals surface area contributed by atoms with Crippen molar-refractivity contribution < 1.29 is 19.2 Å². The van der Waals surface area contributed by atoms with Crippen LogP contribution in [0.15, 0.2) is 0 Å². The number of carbonyl (C=O) groups is 4. The van der Waals surface area contributed by atoms with E-state index in [9.17, 15) is 19.2 Å². The van der Waals surface area contributed by atoms with Gasteiger partial charge in [0.2, 0.25) is 23.6 Å². The van der Waals surface area contributed by atoms with Crippen LogP contribution in [0, 0.1) is 0 Å². The van der Waals surface area contributed by atoms with Gasteiger partial charge in [0, 0.05) is 13.1 Å². The summed E-state index contributed by atoms with van der Waals surface area (Å²) in [4.78, 5) is 47.5. The molecule has 0 aliphatic rings. The molecule has 0 aliphatic carbocycles. The van der Waals surface area contributed by atoms with Gasteiger partial charge in [-0.25, -0.2) is 4.84 Å². The minimum atomic E-state index is -0.672. The first kappa shape index (κ1) is 21.6. The van der Waals surface area contributed by atoms with Crippen molar-refractivity contribution in [3.8, 4) is 0 Å². The Hall–Kier alpha value is -1.39. The maximum absolute atomic E-state index is 11.5. The molecule has 0 aliphatic heterocycles. The molecule has 0 unspecified atom stereocenters. The third kappa shape index (κ3) is 11.8. The third-order valence-corrected chi connectivity index (χ3v) is 2.89. The van der Waals surface area contributed by atoms with E-state index in [1.54, 1.807) is 13.8 Å². The smallest absolute Gasteiger partial charge is 0.239 e. The van der Waals surface area contributed by atoms with Gasteiger partial charge in [-0.15, -0.1) is 0 Å². The first-order valence-corrected chi connectivity index (χ1v) is 7.94. The van der Waals surface area contributed by atoms with Crippen LogP contribution in [0.1, 0.15) is 13.8 Å². The molecule has 0 rings (SSSR count). The molecule has 0 aromatic heterocycles. The molecule has 23 heavy (non-hydrogen) atoms. The van der Waals surface area contributed by atoms with Crippen molar-refractivity contribution in [2.24, 2.45) is 0 Å². The Labute approximate surface area is 147 Å². The Morgan fingerprint density at radius 2 is 1.26 bits per heavy atom. The number of carbonyl (C=O) groups excluding carboxylic acids is 4. The van der Waals surface area contributed by atoms with Gasteiger partial charge in [0.05, 0.1) is 24.0 Å². The number of hydrogen-bond acceptors (Lipinski definition) is 5. The Kier molecular flexibility index (Phi) is 10.5.